The van der Waals surface area contributed by atoms with Crippen molar-refractivity contribution in [3.05, 3.63) is 29.0 Å². The Morgan fingerprint density at radius 1 is 1.52 bits per heavy atom. The van der Waals surface area contributed by atoms with E-state index < -0.39 is 5.82 Å². The maximum absolute atomic E-state index is 13.5. The molecule has 1 aliphatic heterocycles. The van der Waals surface area contributed by atoms with Crippen LogP contribution in [0.2, 0.25) is 5.02 Å². The predicted octanol–water partition coefficient (Wildman–Crippen LogP) is 2.13. The summed E-state index contributed by atoms with van der Waals surface area (Å²) in [4.78, 5) is 15.9. The van der Waals surface area contributed by atoms with Crippen molar-refractivity contribution in [3.8, 4) is 0 Å². The van der Waals surface area contributed by atoms with Gasteiger partial charge in [0.2, 0.25) is 5.91 Å². The molecule has 0 aromatic heterocycles. The molecule has 1 saturated heterocycles. The maximum Gasteiger partial charge on any atom is 0.221 e. The number of amides is 1. The molecule has 0 aliphatic carbocycles. The van der Waals surface area contributed by atoms with Crippen molar-refractivity contribution in [3.63, 3.8) is 0 Å². The maximum atomic E-state index is 13.5. The Kier molecular flexibility index (Phi) is 5.42. The molecule has 0 spiro atoms. The van der Waals surface area contributed by atoms with Gasteiger partial charge in [0.05, 0.1) is 5.02 Å². The van der Waals surface area contributed by atoms with Crippen LogP contribution in [0.5, 0.6) is 0 Å². The highest BCUT2D eigenvalue weighted by Crippen LogP contribution is 2.25. The Morgan fingerprint density at radius 2 is 2.29 bits per heavy atom. The minimum absolute atomic E-state index is 0.0674. The highest BCUT2D eigenvalue weighted by Gasteiger charge is 2.24. The molecule has 4 nitrogen and oxygen atoms in total. The molecule has 2 rings (SSSR count). The Balaban J connectivity index is 1.85. The summed E-state index contributed by atoms with van der Waals surface area (Å²) in [5, 5.41) is 3.16. The number of hydrogen-bond acceptors (Lipinski definition) is 3. The largest absolute Gasteiger partial charge is 0.369 e. The van der Waals surface area contributed by atoms with E-state index in [-0.39, 0.29) is 17.0 Å². The topological polar surface area (TPSA) is 35.6 Å². The molecule has 1 aromatic carbocycles. The molecule has 21 heavy (non-hydrogen) atoms. The van der Waals surface area contributed by atoms with Crippen LogP contribution in [0, 0.1) is 5.82 Å². The van der Waals surface area contributed by atoms with Crippen LogP contribution in [0.4, 0.5) is 10.1 Å². The lowest BCUT2D eigenvalue weighted by molar-refractivity contribution is -0.121. The van der Waals surface area contributed by atoms with E-state index in [0.717, 1.165) is 25.2 Å². The number of hydrogen-bond donors (Lipinski definition) is 1. The fraction of sp³-hybridized carbons (Fsp3) is 0.533. The SMILES string of the molecule is CN(C)CCC(=O)N[C@H]1CCN(c2ccc(Cl)c(F)c2)C1. The van der Waals surface area contributed by atoms with Gasteiger partial charge in [-0.3, -0.25) is 4.79 Å². The minimum Gasteiger partial charge on any atom is -0.369 e. The lowest BCUT2D eigenvalue weighted by Gasteiger charge is -2.19. The van der Waals surface area contributed by atoms with E-state index >= 15 is 0 Å². The van der Waals surface area contributed by atoms with Crippen molar-refractivity contribution in [2.75, 3.05) is 38.6 Å². The lowest BCUT2D eigenvalue weighted by Crippen LogP contribution is -2.38. The van der Waals surface area contributed by atoms with Gasteiger partial charge in [0.25, 0.3) is 0 Å². The van der Waals surface area contributed by atoms with E-state index in [9.17, 15) is 9.18 Å². The zero-order chi connectivity index (χ0) is 15.4. The van der Waals surface area contributed by atoms with Gasteiger partial charge in [-0.05, 0) is 38.7 Å². The van der Waals surface area contributed by atoms with E-state index in [0.29, 0.717) is 13.0 Å². The van der Waals surface area contributed by atoms with E-state index in [1.807, 2.05) is 25.1 Å². The Bertz CT molecular complexity index is 510. The second-order valence-electron chi connectivity index (χ2n) is 5.65. The van der Waals surface area contributed by atoms with Crippen LogP contribution in [-0.2, 0) is 4.79 Å². The molecule has 0 radical (unpaired) electrons. The summed E-state index contributed by atoms with van der Waals surface area (Å²) in [7, 11) is 3.89. The molecular weight excluding hydrogens is 293 g/mol. The van der Waals surface area contributed by atoms with Crippen LogP contribution in [0.15, 0.2) is 18.2 Å². The number of carbonyl (C=O) groups excluding carboxylic acids is 1. The average Bonchev–Trinajstić information content (AvgIpc) is 2.88. The fourth-order valence-electron chi connectivity index (χ4n) is 2.42. The molecule has 6 heteroatoms. The molecule has 1 fully saturated rings. The number of nitrogens with zero attached hydrogens (tertiary/aromatic N) is 2. The van der Waals surface area contributed by atoms with Crippen molar-refractivity contribution < 1.29 is 9.18 Å². The second-order valence-corrected chi connectivity index (χ2v) is 6.06. The highest BCUT2D eigenvalue weighted by atomic mass is 35.5. The Labute approximate surface area is 129 Å². The molecule has 1 heterocycles. The first kappa shape index (κ1) is 16.0. The van der Waals surface area contributed by atoms with Crippen LogP contribution in [0.1, 0.15) is 12.8 Å². The smallest absolute Gasteiger partial charge is 0.221 e. The molecule has 1 aliphatic rings. The molecule has 1 aromatic rings. The van der Waals surface area contributed by atoms with E-state index in [1.54, 1.807) is 6.07 Å². The second kappa shape index (κ2) is 7.09. The van der Waals surface area contributed by atoms with Gasteiger partial charge >= 0.3 is 0 Å². The summed E-state index contributed by atoms with van der Waals surface area (Å²) >= 11 is 5.69. The summed E-state index contributed by atoms with van der Waals surface area (Å²) < 4.78 is 13.5. The van der Waals surface area contributed by atoms with Gasteiger partial charge in [-0.2, -0.15) is 0 Å². The lowest BCUT2D eigenvalue weighted by atomic mass is 10.2. The third kappa shape index (κ3) is 4.58. The fourth-order valence-corrected chi connectivity index (χ4v) is 2.54. The van der Waals surface area contributed by atoms with E-state index in [4.69, 9.17) is 11.6 Å². The normalized spacial score (nSPS) is 18.3. The molecule has 116 valence electrons. The summed E-state index contributed by atoms with van der Waals surface area (Å²) in [5.41, 5.74) is 0.807. The van der Waals surface area contributed by atoms with Crippen molar-refractivity contribution >= 4 is 23.2 Å². The zero-order valence-corrected chi connectivity index (χ0v) is 13.2. The highest BCUT2D eigenvalue weighted by molar-refractivity contribution is 6.30. The summed E-state index contributed by atoms with van der Waals surface area (Å²) in [6, 6.07) is 4.94. The van der Waals surface area contributed by atoms with Crippen LogP contribution in [0.3, 0.4) is 0 Å². The molecular formula is C15H21ClFN3O. The molecule has 0 saturated carbocycles. The summed E-state index contributed by atoms with van der Waals surface area (Å²) in [5.74, 6) is -0.342. The third-order valence-corrected chi connectivity index (χ3v) is 3.91. The van der Waals surface area contributed by atoms with E-state index in [1.165, 1.54) is 6.07 Å². The summed E-state index contributed by atoms with van der Waals surface area (Å²) in [6.07, 6.45) is 1.37. The van der Waals surface area contributed by atoms with Crippen molar-refractivity contribution in [2.45, 2.75) is 18.9 Å². The number of rotatable bonds is 5. The van der Waals surface area contributed by atoms with Gasteiger partial charge < -0.3 is 15.1 Å². The number of nitrogens with one attached hydrogen (secondary N) is 1. The quantitative estimate of drug-likeness (QED) is 0.904. The minimum atomic E-state index is -0.410. The first-order valence-corrected chi connectivity index (χ1v) is 7.47. The molecule has 1 amide bonds. The van der Waals surface area contributed by atoms with E-state index in [2.05, 4.69) is 10.2 Å². The number of halogens is 2. The van der Waals surface area contributed by atoms with Gasteiger partial charge in [0.1, 0.15) is 5.82 Å². The van der Waals surface area contributed by atoms with Gasteiger partial charge in [0.15, 0.2) is 0 Å². The van der Waals surface area contributed by atoms with Crippen molar-refractivity contribution in [1.82, 2.24) is 10.2 Å². The van der Waals surface area contributed by atoms with Crippen LogP contribution >= 0.6 is 11.6 Å². The van der Waals surface area contributed by atoms with Crippen molar-refractivity contribution in [2.24, 2.45) is 0 Å². The third-order valence-electron chi connectivity index (χ3n) is 3.61. The first-order chi connectivity index (χ1) is 9.95. The number of anilines is 1. The van der Waals surface area contributed by atoms with Gasteiger partial charge in [0, 0.05) is 37.8 Å². The first-order valence-electron chi connectivity index (χ1n) is 7.10. The zero-order valence-electron chi connectivity index (χ0n) is 12.4. The molecule has 0 unspecified atom stereocenters. The van der Waals surface area contributed by atoms with Gasteiger partial charge in [-0.25, -0.2) is 4.39 Å². The van der Waals surface area contributed by atoms with Crippen LogP contribution in [-0.4, -0.2) is 50.6 Å². The molecule has 1 atom stereocenters. The van der Waals surface area contributed by atoms with Crippen molar-refractivity contribution in [1.29, 1.82) is 0 Å². The number of benzene rings is 1. The Morgan fingerprint density at radius 3 is 2.95 bits per heavy atom. The van der Waals surface area contributed by atoms with Gasteiger partial charge in [-0.1, -0.05) is 11.6 Å². The predicted molar refractivity (Wildman–Crippen MR) is 83.3 cm³/mol. The average molecular weight is 314 g/mol. The monoisotopic (exact) mass is 313 g/mol. The Hall–Kier alpha value is -1.33. The van der Waals surface area contributed by atoms with Crippen LogP contribution in [0.25, 0.3) is 0 Å². The standard InChI is InChI=1S/C15H21ClFN3O/c1-19(2)7-6-15(21)18-11-5-8-20(10-11)12-3-4-13(16)14(17)9-12/h3-4,9,11H,5-8,10H2,1-2H3,(H,18,21)/t11-/m0/s1. The molecule has 0 bridgehead atoms. The van der Waals surface area contributed by atoms with Crippen LogP contribution < -0.4 is 10.2 Å². The number of carbonyl (C=O) groups is 1. The molecule has 1 N–H and O–H groups in total. The van der Waals surface area contributed by atoms with Gasteiger partial charge in [-0.15, -0.1) is 0 Å². The summed E-state index contributed by atoms with van der Waals surface area (Å²) in [6.45, 7) is 2.25.